The molecule has 1 heterocycles. The fourth-order valence-corrected chi connectivity index (χ4v) is 4.35. The van der Waals surface area contributed by atoms with E-state index in [1.54, 1.807) is 13.8 Å². The van der Waals surface area contributed by atoms with Gasteiger partial charge in [-0.15, -0.1) is 0 Å². The van der Waals surface area contributed by atoms with Crippen LogP contribution < -0.4 is 21.7 Å². The monoisotopic (exact) mass is 529 g/mol. The van der Waals surface area contributed by atoms with Crippen LogP contribution in [0.5, 0.6) is 0 Å². The number of fused-ring (bicyclic) bond motifs is 1. The largest absolute Gasteiger partial charge is 0.480 e. The summed E-state index contributed by atoms with van der Waals surface area (Å²) in [5, 5.41) is 18.5. The second kappa shape index (κ2) is 13.9. The highest BCUT2D eigenvalue weighted by atomic mass is 16.4. The number of aliphatic carboxylic acids is 1. The molecule has 0 fully saturated rings. The summed E-state index contributed by atoms with van der Waals surface area (Å²) in [5.41, 5.74) is 8.07. The molecule has 2 aromatic rings. The molecule has 0 bridgehead atoms. The van der Waals surface area contributed by atoms with E-state index in [0.29, 0.717) is 6.42 Å². The molecule has 0 spiro atoms. The molecule has 0 aliphatic carbocycles. The van der Waals surface area contributed by atoms with Crippen molar-refractivity contribution in [3.05, 3.63) is 36.0 Å². The average Bonchev–Trinajstić information content (AvgIpc) is 3.23. The summed E-state index contributed by atoms with van der Waals surface area (Å²) in [5.74, 6) is -2.87. The van der Waals surface area contributed by atoms with Crippen molar-refractivity contribution in [2.45, 2.75) is 85.0 Å². The summed E-state index contributed by atoms with van der Waals surface area (Å²) in [4.78, 5) is 54.0. The first kappa shape index (κ1) is 30.8. The molecule has 0 saturated carbocycles. The van der Waals surface area contributed by atoms with Crippen molar-refractivity contribution < 1.29 is 24.3 Å². The van der Waals surface area contributed by atoms with Crippen molar-refractivity contribution in [2.24, 2.45) is 23.5 Å². The van der Waals surface area contributed by atoms with Gasteiger partial charge in [0, 0.05) is 17.1 Å². The van der Waals surface area contributed by atoms with E-state index in [2.05, 4.69) is 20.9 Å². The van der Waals surface area contributed by atoms with E-state index in [-0.39, 0.29) is 30.6 Å². The van der Waals surface area contributed by atoms with Crippen LogP contribution in [-0.2, 0) is 25.6 Å². The second-order valence-electron chi connectivity index (χ2n) is 11.1. The molecular weight excluding hydrogens is 486 g/mol. The van der Waals surface area contributed by atoms with Crippen LogP contribution in [0.3, 0.4) is 0 Å². The van der Waals surface area contributed by atoms with Gasteiger partial charge in [0.2, 0.25) is 17.7 Å². The van der Waals surface area contributed by atoms with Crippen LogP contribution in [0.1, 0.15) is 59.9 Å². The van der Waals surface area contributed by atoms with Crippen LogP contribution in [-0.4, -0.2) is 57.9 Å². The second-order valence-corrected chi connectivity index (χ2v) is 11.1. The zero-order valence-electron chi connectivity index (χ0n) is 23.2. The Labute approximate surface area is 224 Å². The standard InChI is InChI=1S/C28H43N5O5/c1-15(2)11-22(31-25(34)20(29)13-18-14-30-21-10-8-7-9-19(18)21)26(35)33-24(17(5)6)27(36)32-23(28(37)38)12-16(3)4/h7-10,14-17,20,22-24,30H,11-13,29H2,1-6H3,(H,31,34)(H,32,36)(H,33,35)(H,37,38). The van der Waals surface area contributed by atoms with Gasteiger partial charge in [0.05, 0.1) is 6.04 Å². The van der Waals surface area contributed by atoms with Gasteiger partial charge in [-0.25, -0.2) is 4.79 Å². The Bertz CT molecular complexity index is 1110. The molecule has 38 heavy (non-hydrogen) atoms. The molecule has 0 aliphatic heterocycles. The number of hydrogen-bond acceptors (Lipinski definition) is 5. The quantitative estimate of drug-likeness (QED) is 0.220. The van der Waals surface area contributed by atoms with Crippen molar-refractivity contribution >= 4 is 34.6 Å². The van der Waals surface area contributed by atoms with Crippen LogP contribution >= 0.6 is 0 Å². The molecule has 10 heteroatoms. The molecule has 0 saturated heterocycles. The topological polar surface area (TPSA) is 166 Å². The lowest BCUT2D eigenvalue weighted by Crippen LogP contribution is -2.58. The number of nitrogens with one attached hydrogen (secondary N) is 4. The maximum atomic E-state index is 13.3. The minimum absolute atomic E-state index is 0.0580. The van der Waals surface area contributed by atoms with Crippen LogP contribution in [0.15, 0.2) is 30.5 Å². The van der Waals surface area contributed by atoms with E-state index >= 15 is 0 Å². The van der Waals surface area contributed by atoms with E-state index < -0.39 is 47.9 Å². The molecular formula is C28H43N5O5. The molecule has 3 amide bonds. The summed E-state index contributed by atoms with van der Waals surface area (Å²) in [6, 6.07) is 3.91. The van der Waals surface area contributed by atoms with Gasteiger partial charge in [-0.3, -0.25) is 14.4 Å². The number of aromatic nitrogens is 1. The number of carbonyl (C=O) groups is 4. The van der Waals surface area contributed by atoms with Crippen LogP contribution in [0.2, 0.25) is 0 Å². The van der Waals surface area contributed by atoms with Crippen molar-refractivity contribution in [3.63, 3.8) is 0 Å². The minimum Gasteiger partial charge on any atom is -0.480 e. The first-order chi connectivity index (χ1) is 17.8. The summed E-state index contributed by atoms with van der Waals surface area (Å²) in [6.07, 6.45) is 2.72. The van der Waals surface area contributed by atoms with Gasteiger partial charge in [0.1, 0.15) is 18.1 Å². The highest BCUT2D eigenvalue weighted by Gasteiger charge is 2.32. The molecule has 7 N–H and O–H groups in total. The smallest absolute Gasteiger partial charge is 0.326 e. The Balaban J connectivity index is 2.11. The summed E-state index contributed by atoms with van der Waals surface area (Å²) >= 11 is 0. The van der Waals surface area contributed by atoms with E-state index in [4.69, 9.17) is 5.73 Å². The van der Waals surface area contributed by atoms with Crippen LogP contribution in [0, 0.1) is 17.8 Å². The van der Waals surface area contributed by atoms with Crippen LogP contribution in [0.25, 0.3) is 10.9 Å². The van der Waals surface area contributed by atoms with Gasteiger partial charge >= 0.3 is 5.97 Å². The highest BCUT2D eigenvalue weighted by molar-refractivity contribution is 5.94. The minimum atomic E-state index is -1.13. The van der Waals surface area contributed by atoms with Gasteiger partial charge in [0.15, 0.2) is 0 Å². The molecule has 2 rings (SSSR count). The first-order valence-electron chi connectivity index (χ1n) is 13.2. The number of amides is 3. The van der Waals surface area contributed by atoms with E-state index in [1.165, 1.54) is 0 Å². The maximum Gasteiger partial charge on any atom is 0.326 e. The third kappa shape index (κ3) is 8.86. The number of para-hydroxylation sites is 1. The predicted octanol–water partition coefficient (Wildman–Crippen LogP) is 2.32. The number of carboxylic acid groups (broad SMARTS) is 1. The Morgan fingerprint density at radius 3 is 2.00 bits per heavy atom. The number of rotatable bonds is 14. The normalized spacial score (nSPS) is 14.8. The molecule has 0 radical (unpaired) electrons. The number of benzene rings is 1. The summed E-state index contributed by atoms with van der Waals surface area (Å²) in [6.45, 7) is 11.1. The van der Waals surface area contributed by atoms with Gasteiger partial charge in [0.25, 0.3) is 0 Å². The van der Waals surface area contributed by atoms with Crippen molar-refractivity contribution in [1.29, 1.82) is 0 Å². The number of H-pyrrole nitrogens is 1. The van der Waals surface area contributed by atoms with Gasteiger partial charge in [-0.2, -0.15) is 0 Å². The van der Waals surface area contributed by atoms with E-state index in [9.17, 15) is 24.3 Å². The lowest BCUT2D eigenvalue weighted by atomic mass is 9.98. The third-order valence-electron chi connectivity index (χ3n) is 6.36. The Hall–Kier alpha value is -3.40. The number of carbonyl (C=O) groups excluding carboxylic acids is 3. The molecule has 0 aliphatic rings. The van der Waals surface area contributed by atoms with Crippen molar-refractivity contribution in [2.75, 3.05) is 0 Å². The highest BCUT2D eigenvalue weighted by Crippen LogP contribution is 2.19. The lowest BCUT2D eigenvalue weighted by Gasteiger charge is -2.28. The Kier molecular flexibility index (Phi) is 11.3. The molecule has 10 nitrogen and oxygen atoms in total. The van der Waals surface area contributed by atoms with Gasteiger partial charge in [-0.05, 0) is 48.6 Å². The van der Waals surface area contributed by atoms with E-state index in [1.807, 2.05) is 58.2 Å². The molecule has 210 valence electrons. The SMILES string of the molecule is CC(C)CC(NC(=O)C(NC(=O)C(CC(C)C)NC(=O)C(N)Cc1c[nH]c2ccccc12)C(C)C)C(=O)O. The predicted molar refractivity (Wildman–Crippen MR) is 147 cm³/mol. The Morgan fingerprint density at radius 1 is 0.842 bits per heavy atom. The van der Waals surface area contributed by atoms with Crippen molar-refractivity contribution in [3.8, 4) is 0 Å². The molecule has 1 aromatic heterocycles. The lowest BCUT2D eigenvalue weighted by molar-refractivity contribution is -0.143. The zero-order valence-corrected chi connectivity index (χ0v) is 23.2. The summed E-state index contributed by atoms with van der Waals surface area (Å²) < 4.78 is 0. The average molecular weight is 530 g/mol. The van der Waals surface area contributed by atoms with Gasteiger partial charge < -0.3 is 31.8 Å². The molecule has 1 aromatic carbocycles. The summed E-state index contributed by atoms with van der Waals surface area (Å²) in [7, 11) is 0. The number of hydrogen-bond donors (Lipinski definition) is 6. The number of nitrogens with two attached hydrogens (primary N) is 1. The van der Waals surface area contributed by atoms with Gasteiger partial charge in [-0.1, -0.05) is 59.7 Å². The first-order valence-corrected chi connectivity index (χ1v) is 13.2. The zero-order chi connectivity index (χ0) is 28.6. The third-order valence-corrected chi connectivity index (χ3v) is 6.36. The molecule has 4 atom stereocenters. The van der Waals surface area contributed by atoms with Crippen molar-refractivity contribution in [1.82, 2.24) is 20.9 Å². The fourth-order valence-electron chi connectivity index (χ4n) is 4.35. The number of carboxylic acids is 1. The van der Waals surface area contributed by atoms with E-state index in [0.717, 1.165) is 16.5 Å². The molecule has 4 unspecified atom stereocenters. The maximum absolute atomic E-state index is 13.3. The fraction of sp³-hybridized carbons (Fsp3) is 0.571. The number of aromatic amines is 1. The Morgan fingerprint density at radius 2 is 1.42 bits per heavy atom. The van der Waals surface area contributed by atoms with Crippen LogP contribution in [0.4, 0.5) is 0 Å².